The van der Waals surface area contributed by atoms with Crippen molar-refractivity contribution in [3.8, 4) is 40.1 Å². The molecular formula is C57H34N6O. The molecule has 64 heavy (non-hydrogen) atoms. The molecule has 298 valence electrons. The minimum atomic E-state index is 0.540. The van der Waals surface area contributed by atoms with Gasteiger partial charge in [-0.1, -0.05) is 140 Å². The summed E-state index contributed by atoms with van der Waals surface area (Å²) < 4.78 is 13.4. The maximum atomic E-state index is 6.38. The Labute approximate surface area is 365 Å². The van der Waals surface area contributed by atoms with E-state index in [4.69, 9.17) is 19.4 Å². The van der Waals surface area contributed by atoms with Crippen LogP contribution in [0.1, 0.15) is 0 Å². The SMILES string of the molecule is c1ccc(-n2c3ccccc3c3ccc4c5ccccc5n(-c5cccc(-c6nc(-c7ccc8c(c7)oc7ccccc78)nc(-n7c8ccccc8c8ccccc87)n6)c5)c4c32)cc1. The van der Waals surface area contributed by atoms with E-state index in [1.807, 2.05) is 18.2 Å². The molecule has 7 heteroatoms. The van der Waals surface area contributed by atoms with Gasteiger partial charge in [0.1, 0.15) is 11.2 Å². The van der Waals surface area contributed by atoms with Crippen molar-refractivity contribution >= 4 is 87.4 Å². The van der Waals surface area contributed by atoms with Crippen molar-refractivity contribution < 1.29 is 4.42 Å². The largest absolute Gasteiger partial charge is 0.456 e. The van der Waals surface area contributed by atoms with Gasteiger partial charge in [0.05, 0.1) is 33.1 Å². The molecular weight excluding hydrogens is 785 g/mol. The van der Waals surface area contributed by atoms with Crippen LogP contribution in [0.4, 0.5) is 0 Å². The molecule has 0 amide bonds. The second-order valence-corrected chi connectivity index (χ2v) is 16.4. The predicted octanol–water partition coefficient (Wildman–Crippen LogP) is 14.4. The summed E-state index contributed by atoms with van der Waals surface area (Å²) in [4.78, 5) is 15.9. The standard InChI is InChI=1S/C57H34N6O/c1-2-16-37(17-3-1)61-47-24-9-6-21-41(47)45-31-32-46-42-22-7-10-25-48(42)62(54(46)53(45)61)38-18-14-15-35(33-38)55-58-56(36-29-30-44-43-23-8-13-28-51(43)64-52(44)34-36)60-57(59-55)63-49-26-11-4-19-39(49)40-20-5-12-27-50(40)63/h1-34H. The molecule has 5 aromatic heterocycles. The Bertz CT molecular complexity index is 4160. The van der Waals surface area contributed by atoms with Crippen molar-refractivity contribution in [2.45, 2.75) is 0 Å². The third-order valence-corrected chi connectivity index (χ3v) is 12.9. The minimum Gasteiger partial charge on any atom is -0.456 e. The zero-order valence-electron chi connectivity index (χ0n) is 34.2. The summed E-state index contributed by atoms with van der Waals surface area (Å²) in [6.07, 6.45) is 0. The number of furan rings is 1. The van der Waals surface area contributed by atoms with Gasteiger partial charge < -0.3 is 13.6 Å². The lowest BCUT2D eigenvalue weighted by atomic mass is 10.1. The summed E-state index contributed by atoms with van der Waals surface area (Å²) in [6.45, 7) is 0. The first kappa shape index (κ1) is 34.9. The van der Waals surface area contributed by atoms with E-state index in [1.54, 1.807) is 0 Å². The molecule has 0 atom stereocenters. The van der Waals surface area contributed by atoms with E-state index in [0.29, 0.717) is 17.6 Å². The highest BCUT2D eigenvalue weighted by atomic mass is 16.3. The van der Waals surface area contributed by atoms with Gasteiger partial charge in [-0.2, -0.15) is 9.97 Å². The molecule has 14 aromatic rings. The Morgan fingerprint density at radius 2 is 0.750 bits per heavy atom. The molecule has 0 radical (unpaired) electrons. The molecule has 5 heterocycles. The highest BCUT2D eigenvalue weighted by molar-refractivity contribution is 6.24. The van der Waals surface area contributed by atoms with Crippen LogP contribution in [0, 0.1) is 0 Å². The summed E-state index contributed by atoms with van der Waals surface area (Å²) in [5.74, 6) is 1.66. The fourth-order valence-corrected chi connectivity index (χ4v) is 10.1. The number of benzene rings is 9. The summed E-state index contributed by atoms with van der Waals surface area (Å²) >= 11 is 0. The second-order valence-electron chi connectivity index (χ2n) is 16.4. The topological polar surface area (TPSA) is 66.6 Å². The molecule has 0 saturated heterocycles. The van der Waals surface area contributed by atoms with Crippen LogP contribution in [0.15, 0.2) is 211 Å². The van der Waals surface area contributed by atoms with Crippen molar-refractivity contribution in [1.29, 1.82) is 0 Å². The van der Waals surface area contributed by atoms with Gasteiger partial charge in [-0.15, -0.1) is 0 Å². The van der Waals surface area contributed by atoms with Gasteiger partial charge in [-0.3, -0.25) is 4.57 Å². The van der Waals surface area contributed by atoms with Crippen molar-refractivity contribution in [1.82, 2.24) is 28.7 Å². The van der Waals surface area contributed by atoms with Gasteiger partial charge in [0.2, 0.25) is 5.95 Å². The van der Waals surface area contributed by atoms with E-state index >= 15 is 0 Å². The van der Waals surface area contributed by atoms with Gasteiger partial charge in [0, 0.05) is 65.6 Å². The normalized spacial score (nSPS) is 12.1. The van der Waals surface area contributed by atoms with Crippen LogP contribution in [0.2, 0.25) is 0 Å². The van der Waals surface area contributed by atoms with Crippen LogP contribution >= 0.6 is 0 Å². The fraction of sp³-hybridized carbons (Fsp3) is 0. The summed E-state index contributed by atoms with van der Waals surface area (Å²) in [5, 5.41) is 9.19. The summed E-state index contributed by atoms with van der Waals surface area (Å²) in [7, 11) is 0. The van der Waals surface area contributed by atoms with Gasteiger partial charge in [-0.05, 0) is 66.7 Å². The molecule has 14 rings (SSSR count). The molecule has 0 aliphatic heterocycles. The average Bonchev–Trinajstić information content (AvgIpc) is 4.10. The minimum absolute atomic E-state index is 0.540. The molecule has 0 spiro atoms. The Balaban J connectivity index is 1.04. The molecule has 0 bridgehead atoms. The summed E-state index contributed by atoms with van der Waals surface area (Å²) in [6, 6.07) is 72.6. The molecule has 0 aliphatic rings. The van der Waals surface area contributed by atoms with Crippen LogP contribution in [-0.2, 0) is 0 Å². The number of hydrogen-bond donors (Lipinski definition) is 0. The van der Waals surface area contributed by atoms with Gasteiger partial charge in [0.15, 0.2) is 11.6 Å². The maximum Gasteiger partial charge on any atom is 0.238 e. The van der Waals surface area contributed by atoms with E-state index in [2.05, 4.69) is 202 Å². The van der Waals surface area contributed by atoms with Gasteiger partial charge >= 0.3 is 0 Å². The van der Waals surface area contributed by atoms with E-state index in [-0.39, 0.29) is 0 Å². The predicted molar refractivity (Wildman–Crippen MR) is 261 cm³/mol. The Morgan fingerprint density at radius 3 is 1.38 bits per heavy atom. The lowest BCUT2D eigenvalue weighted by molar-refractivity contribution is 0.669. The summed E-state index contributed by atoms with van der Waals surface area (Å²) in [5.41, 5.74) is 12.1. The van der Waals surface area contributed by atoms with Crippen LogP contribution in [-0.4, -0.2) is 28.7 Å². The number of para-hydroxylation sites is 6. The van der Waals surface area contributed by atoms with E-state index in [0.717, 1.165) is 88.3 Å². The van der Waals surface area contributed by atoms with E-state index < -0.39 is 0 Å². The molecule has 0 fully saturated rings. The monoisotopic (exact) mass is 818 g/mol. The van der Waals surface area contributed by atoms with Crippen molar-refractivity contribution in [2.75, 3.05) is 0 Å². The fourth-order valence-electron chi connectivity index (χ4n) is 10.1. The Hall–Kier alpha value is -8.81. The third-order valence-electron chi connectivity index (χ3n) is 12.9. The smallest absolute Gasteiger partial charge is 0.238 e. The molecule has 0 saturated carbocycles. The zero-order valence-corrected chi connectivity index (χ0v) is 34.2. The zero-order chi connectivity index (χ0) is 41.9. The molecule has 7 nitrogen and oxygen atoms in total. The molecule has 0 unspecified atom stereocenters. The van der Waals surface area contributed by atoms with E-state index in [1.165, 1.54) is 21.5 Å². The van der Waals surface area contributed by atoms with Crippen LogP contribution in [0.25, 0.3) is 127 Å². The van der Waals surface area contributed by atoms with E-state index in [9.17, 15) is 0 Å². The first-order chi connectivity index (χ1) is 31.7. The van der Waals surface area contributed by atoms with Crippen LogP contribution in [0.5, 0.6) is 0 Å². The van der Waals surface area contributed by atoms with Crippen molar-refractivity contribution in [3.05, 3.63) is 206 Å². The number of rotatable bonds is 5. The average molecular weight is 819 g/mol. The number of fused-ring (bicyclic) bond motifs is 13. The highest BCUT2D eigenvalue weighted by Gasteiger charge is 2.23. The maximum absolute atomic E-state index is 6.38. The quantitative estimate of drug-likeness (QED) is 0.173. The molecule has 0 N–H and O–H groups in total. The Morgan fingerprint density at radius 1 is 0.297 bits per heavy atom. The molecule has 9 aromatic carbocycles. The Kier molecular flexibility index (Phi) is 7.27. The highest BCUT2D eigenvalue weighted by Crippen LogP contribution is 2.42. The number of aromatic nitrogens is 6. The number of nitrogens with zero attached hydrogens (tertiary/aromatic N) is 6. The third kappa shape index (κ3) is 5.00. The van der Waals surface area contributed by atoms with Crippen molar-refractivity contribution in [2.24, 2.45) is 0 Å². The lowest BCUT2D eigenvalue weighted by Gasteiger charge is -2.14. The van der Waals surface area contributed by atoms with Gasteiger partial charge in [0.25, 0.3) is 0 Å². The second kappa shape index (κ2) is 13.3. The van der Waals surface area contributed by atoms with Crippen molar-refractivity contribution in [3.63, 3.8) is 0 Å². The molecule has 0 aliphatic carbocycles. The van der Waals surface area contributed by atoms with Crippen LogP contribution < -0.4 is 0 Å². The van der Waals surface area contributed by atoms with Gasteiger partial charge in [-0.25, -0.2) is 4.98 Å². The number of hydrogen-bond acceptors (Lipinski definition) is 4. The first-order valence-electron chi connectivity index (χ1n) is 21.5. The van der Waals surface area contributed by atoms with Crippen LogP contribution in [0.3, 0.4) is 0 Å². The first-order valence-corrected chi connectivity index (χ1v) is 21.5. The lowest BCUT2D eigenvalue weighted by Crippen LogP contribution is -2.06.